The molecule has 2 aromatic carbocycles. The lowest BCUT2D eigenvalue weighted by molar-refractivity contribution is -0.136. The van der Waals surface area contributed by atoms with E-state index in [1.807, 2.05) is 0 Å². The van der Waals surface area contributed by atoms with Crippen LogP contribution in [0, 0.1) is 0 Å². The van der Waals surface area contributed by atoms with Crippen molar-refractivity contribution in [2.45, 2.75) is 6.92 Å². The molecule has 126 valence electrons. The smallest absolute Gasteiger partial charge is 0.349 e. The molecule has 0 heterocycles. The van der Waals surface area contributed by atoms with Crippen molar-refractivity contribution < 1.29 is 28.5 Å². The highest BCUT2D eigenvalue weighted by Gasteiger charge is 2.11. The van der Waals surface area contributed by atoms with Crippen molar-refractivity contribution in [3.05, 3.63) is 54.1 Å². The average molecular weight is 330 g/mol. The van der Waals surface area contributed by atoms with Gasteiger partial charge < -0.3 is 18.9 Å². The normalized spacial score (nSPS) is 9.92. The van der Waals surface area contributed by atoms with Gasteiger partial charge in [-0.05, 0) is 37.3 Å². The quantitative estimate of drug-likeness (QED) is 0.574. The van der Waals surface area contributed by atoms with Crippen LogP contribution in [-0.2, 0) is 9.53 Å². The molecule has 0 radical (unpaired) electrons. The molecule has 0 bridgehead atoms. The molecule has 2 aromatic rings. The van der Waals surface area contributed by atoms with Crippen LogP contribution < -0.4 is 14.2 Å². The summed E-state index contributed by atoms with van der Waals surface area (Å²) in [6, 6.07) is 13.2. The number of carbonyl (C=O) groups is 2. The predicted molar refractivity (Wildman–Crippen MR) is 86.5 cm³/mol. The fraction of sp³-hybridized carbons (Fsp3) is 0.222. The van der Waals surface area contributed by atoms with Crippen LogP contribution in [-0.4, -0.2) is 32.3 Å². The first-order valence-electron chi connectivity index (χ1n) is 7.37. The minimum Gasteiger partial charge on any atom is -0.493 e. The number of ether oxygens (including phenoxy) is 4. The van der Waals surface area contributed by atoms with Gasteiger partial charge in [-0.1, -0.05) is 18.2 Å². The Balaban J connectivity index is 1.95. The Labute approximate surface area is 139 Å². The zero-order chi connectivity index (χ0) is 17.4. The van der Waals surface area contributed by atoms with E-state index in [-0.39, 0.29) is 19.0 Å². The number of esters is 2. The van der Waals surface area contributed by atoms with Crippen molar-refractivity contribution in [3.63, 3.8) is 0 Å². The van der Waals surface area contributed by atoms with E-state index in [4.69, 9.17) is 18.9 Å². The van der Waals surface area contributed by atoms with Gasteiger partial charge in [0.25, 0.3) is 0 Å². The van der Waals surface area contributed by atoms with E-state index in [1.165, 1.54) is 13.2 Å². The van der Waals surface area contributed by atoms with E-state index in [9.17, 15) is 9.59 Å². The fourth-order valence-electron chi connectivity index (χ4n) is 1.94. The SMILES string of the molecule is CCOC(=O)c1cccc(OC(=O)COc2ccccc2OC)c1. The molecule has 0 amide bonds. The summed E-state index contributed by atoms with van der Waals surface area (Å²) in [7, 11) is 1.52. The number of para-hydroxylation sites is 2. The van der Waals surface area contributed by atoms with Gasteiger partial charge in [-0.3, -0.25) is 0 Å². The maximum Gasteiger partial charge on any atom is 0.349 e. The van der Waals surface area contributed by atoms with Gasteiger partial charge in [-0.25, -0.2) is 9.59 Å². The molecule has 0 fully saturated rings. The lowest BCUT2D eigenvalue weighted by atomic mass is 10.2. The van der Waals surface area contributed by atoms with Crippen LogP contribution in [0.5, 0.6) is 17.2 Å². The van der Waals surface area contributed by atoms with Crippen LogP contribution in [0.1, 0.15) is 17.3 Å². The minimum atomic E-state index is -0.595. The fourth-order valence-corrected chi connectivity index (χ4v) is 1.94. The second-order valence-electron chi connectivity index (χ2n) is 4.66. The summed E-state index contributed by atoms with van der Waals surface area (Å²) in [5.74, 6) is 0.142. The Morgan fingerprint density at radius 3 is 2.46 bits per heavy atom. The summed E-state index contributed by atoms with van der Waals surface area (Å²) in [6.45, 7) is 1.70. The van der Waals surface area contributed by atoms with Crippen molar-refractivity contribution >= 4 is 11.9 Å². The van der Waals surface area contributed by atoms with E-state index in [0.29, 0.717) is 17.1 Å². The molecule has 2 rings (SSSR count). The molecule has 0 aliphatic heterocycles. The zero-order valence-electron chi connectivity index (χ0n) is 13.5. The maximum atomic E-state index is 11.9. The van der Waals surface area contributed by atoms with Gasteiger partial charge in [0.1, 0.15) is 5.75 Å². The third-order valence-electron chi connectivity index (χ3n) is 2.99. The van der Waals surface area contributed by atoms with E-state index in [0.717, 1.165) is 0 Å². The zero-order valence-corrected chi connectivity index (χ0v) is 13.5. The van der Waals surface area contributed by atoms with Gasteiger partial charge in [-0.15, -0.1) is 0 Å². The van der Waals surface area contributed by atoms with Crippen molar-refractivity contribution in [1.29, 1.82) is 0 Å². The number of methoxy groups -OCH3 is 1. The van der Waals surface area contributed by atoms with Gasteiger partial charge in [0, 0.05) is 0 Å². The van der Waals surface area contributed by atoms with Crippen LogP contribution in [0.3, 0.4) is 0 Å². The van der Waals surface area contributed by atoms with Gasteiger partial charge in [-0.2, -0.15) is 0 Å². The molecule has 0 aliphatic rings. The highest BCUT2D eigenvalue weighted by Crippen LogP contribution is 2.25. The molecule has 0 aliphatic carbocycles. The summed E-state index contributed by atoms with van der Waals surface area (Å²) in [5, 5.41) is 0. The number of rotatable bonds is 7. The summed E-state index contributed by atoms with van der Waals surface area (Å²) in [6.07, 6.45) is 0. The third-order valence-corrected chi connectivity index (χ3v) is 2.99. The Morgan fingerprint density at radius 2 is 1.75 bits per heavy atom. The lowest BCUT2D eigenvalue weighted by Crippen LogP contribution is -2.18. The van der Waals surface area contributed by atoms with Crippen molar-refractivity contribution in [1.82, 2.24) is 0 Å². The molecule has 0 saturated carbocycles. The predicted octanol–water partition coefficient (Wildman–Crippen LogP) is 2.86. The second-order valence-corrected chi connectivity index (χ2v) is 4.66. The van der Waals surface area contributed by atoms with Gasteiger partial charge >= 0.3 is 11.9 Å². The highest BCUT2D eigenvalue weighted by atomic mass is 16.6. The molecular weight excluding hydrogens is 312 g/mol. The van der Waals surface area contributed by atoms with E-state index < -0.39 is 11.9 Å². The Morgan fingerprint density at radius 1 is 1.00 bits per heavy atom. The Bertz CT molecular complexity index is 710. The standard InChI is InChI=1S/C18H18O6/c1-3-22-18(20)13-7-6-8-14(11-13)24-17(19)12-23-16-10-5-4-9-15(16)21-2/h4-11H,3,12H2,1-2H3. The molecular formula is C18H18O6. The molecule has 0 unspecified atom stereocenters. The number of hydrogen-bond donors (Lipinski definition) is 0. The molecule has 6 nitrogen and oxygen atoms in total. The monoisotopic (exact) mass is 330 g/mol. The van der Waals surface area contributed by atoms with Crippen LogP contribution in [0.25, 0.3) is 0 Å². The van der Waals surface area contributed by atoms with E-state index in [2.05, 4.69) is 0 Å². The van der Waals surface area contributed by atoms with Crippen LogP contribution in [0.4, 0.5) is 0 Å². The first kappa shape index (κ1) is 17.3. The van der Waals surface area contributed by atoms with Crippen LogP contribution in [0.15, 0.2) is 48.5 Å². The molecule has 0 N–H and O–H groups in total. The second kappa shape index (κ2) is 8.57. The molecule has 0 spiro atoms. The van der Waals surface area contributed by atoms with Crippen molar-refractivity contribution in [3.8, 4) is 17.2 Å². The van der Waals surface area contributed by atoms with Gasteiger partial charge in [0.2, 0.25) is 0 Å². The van der Waals surface area contributed by atoms with Crippen LogP contribution >= 0.6 is 0 Å². The lowest BCUT2D eigenvalue weighted by Gasteiger charge is -2.10. The van der Waals surface area contributed by atoms with Crippen LogP contribution in [0.2, 0.25) is 0 Å². The molecule has 0 aromatic heterocycles. The number of benzene rings is 2. The van der Waals surface area contributed by atoms with E-state index in [1.54, 1.807) is 49.4 Å². The average Bonchev–Trinajstić information content (AvgIpc) is 2.60. The molecule has 24 heavy (non-hydrogen) atoms. The summed E-state index contributed by atoms with van der Waals surface area (Å²) in [5.41, 5.74) is 0.313. The summed E-state index contributed by atoms with van der Waals surface area (Å²) in [4.78, 5) is 23.6. The minimum absolute atomic E-state index is 0.245. The van der Waals surface area contributed by atoms with Gasteiger partial charge in [0.15, 0.2) is 18.1 Å². The largest absolute Gasteiger partial charge is 0.493 e. The van der Waals surface area contributed by atoms with Crippen molar-refractivity contribution in [2.75, 3.05) is 20.3 Å². The van der Waals surface area contributed by atoms with Crippen molar-refractivity contribution in [2.24, 2.45) is 0 Å². The molecule has 0 saturated heterocycles. The number of hydrogen-bond acceptors (Lipinski definition) is 6. The Kier molecular flexibility index (Phi) is 6.19. The number of carbonyl (C=O) groups excluding carboxylic acids is 2. The highest BCUT2D eigenvalue weighted by molar-refractivity contribution is 5.90. The van der Waals surface area contributed by atoms with E-state index >= 15 is 0 Å². The topological polar surface area (TPSA) is 71.1 Å². The van der Waals surface area contributed by atoms with Gasteiger partial charge in [0.05, 0.1) is 19.3 Å². The first-order chi connectivity index (χ1) is 11.6. The molecule has 0 atom stereocenters. The Hall–Kier alpha value is -3.02. The summed E-state index contributed by atoms with van der Waals surface area (Å²) >= 11 is 0. The maximum absolute atomic E-state index is 11.9. The summed E-state index contributed by atoms with van der Waals surface area (Å²) < 4.78 is 20.6. The first-order valence-corrected chi connectivity index (χ1v) is 7.37. The third kappa shape index (κ3) is 4.74. The molecule has 6 heteroatoms.